The Morgan fingerprint density at radius 1 is 1.19 bits per heavy atom. The van der Waals surface area contributed by atoms with Crippen LogP contribution in [0.15, 0.2) is 42.5 Å². The number of benzene rings is 2. The maximum Gasteiger partial charge on any atom is 0.131 e. The van der Waals surface area contributed by atoms with E-state index in [4.69, 9.17) is 4.74 Å². The Kier molecular flexibility index (Phi) is 4.81. The van der Waals surface area contributed by atoms with Gasteiger partial charge >= 0.3 is 0 Å². The molecular formula is C17H20FNO2. The Morgan fingerprint density at radius 2 is 1.90 bits per heavy atom. The molecule has 0 saturated carbocycles. The van der Waals surface area contributed by atoms with Crippen LogP contribution in [-0.2, 0) is 6.54 Å². The van der Waals surface area contributed by atoms with Crippen molar-refractivity contribution in [1.29, 1.82) is 0 Å². The zero-order valence-corrected chi connectivity index (χ0v) is 12.5. The van der Waals surface area contributed by atoms with Crippen molar-refractivity contribution in [1.82, 2.24) is 0 Å². The van der Waals surface area contributed by atoms with Gasteiger partial charge in [-0.25, -0.2) is 4.39 Å². The highest BCUT2D eigenvalue weighted by molar-refractivity contribution is 5.55. The SMILES string of the molecule is COc1ccccc1CN(C)c1cccc(F)c1[C@@H](C)O. The number of aliphatic hydroxyl groups excluding tert-OH is 1. The fourth-order valence-electron chi connectivity index (χ4n) is 2.45. The first-order valence-electron chi connectivity index (χ1n) is 6.84. The average molecular weight is 289 g/mol. The summed E-state index contributed by atoms with van der Waals surface area (Å²) in [5, 5.41) is 9.81. The smallest absolute Gasteiger partial charge is 0.131 e. The summed E-state index contributed by atoms with van der Waals surface area (Å²) in [5.74, 6) is 0.397. The maximum absolute atomic E-state index is 13.9. The van der Waals surface area contributed by atoms with Gasteiger partial charge in [-0.3, -0.25) is 0 Å². The molecule has 0 radical (unpaired) electrons. The molecule has 0 aliphatic rings. The van der Waals surface area contributed by atoms with Gasteiger partial charge in [-0.1, -0.05) is 24.3 Å². The van der Waals surface area contributed by atoms with Gasteiger partial charge in [-0.2, -0.15) is 0 Å². The number of para-hydroxylation sites is 1. The zero-order chi connectivity index (χ0) is 15.4. The van der Waals surface area contributed by atoms with E-state index >= 15 is 0 Å². The van der Waals surface area contributed by atoms with Crippen molar-refractivity contribution in [3.05, 3.63) is 59.4 Å². The van der Waals surface area contributed by atoms with Gasteiger partial charge in [-0.15, -0.1) is 0 Å². The van der Waals surface area contributed by atoms with Gasteiger partial charge in [0.2, 0.25) is 0 Å². The van der Waals surface area contributed by atoms with Gasteiger partial charge in [0.05, 0.1) is 13.2 Å². The first kappa shape index (κ1) is 15.3. The monoisotopic (exact) mass is 289 g/mol. The van der Waals surface area contributed by atoms with Crippen LogP contribution in [0.2, 0.25) is 0 Å². The quantitative estimate of drug-likeness (QED) is 0.914. The van der Waals surface area contributed by atoms with E-state index < -0.39 is 11.9 Å². The van der Waals surface area contributed by atoms with Crippen LogP contribution in [0.1, 0.15) is 24.2 Å². The van der Waals surface area contributed by atoms with Crippen LogP contribution in [0.25, 0.3) is 0 Å². The number of ether oxygens (including phenoxy) is 1. The fourth-order valence-corrected chi connectivity index (χ4v) is 2.45. The second kappa shape index (κ2) is 6.59. The van der Waals surface area contributed by atoms with E-state index in [9.17, 15) is 9.50 Å². The van der Waals surface area contributed by atoms with Crippen molar-refractivity contribution in [3.8, 4) is 5.75 Å². The molecule has 1 atom stereocenters. The van der Waals surface area contributed by atoms with E-state index in [1.807, 2.05) is 36.2 Å². The molecule has 0 unspecified atom stereocenters. The molecule has 2 aromatic rings. The summed E-state index contributed by atoms with van der Waals surface area (Å²) in [5.41, 5.74) is 1.99. The van der Waals surface area contributed by atoms with Crippen LogP contribution in [0.3, 0.4) is 0 Å². The molecule has 0 heterocycles. The molecule has 1 N–H and O–H groups in total. The maximum atomic E-state index is 13.9. The summed E-state index contributed by atoms with van der Waals surface area (Å²) >= 11 is 0. The van der Waals surface area contributed by atoms with Crippen LogP contribution in [0, 0.1) is 5.82 Å². The molecule has 4 heteroatoms. The van der Waals surface area contributed by atoms with Crippen LogP contribution >= 0.6 is 0 Å². The third kappa shape index (κ3) is 3.34. The van der Waals surface area contributed by atoms with Gasteiger partial charge in [0.1, 0.15) is 11.6 Å². The second-order valence-electron chi connectivity index (χ2n) is 5.02. The Labute approximate surface area is 124 Å². The van der Waals surface area contributed by atoms with Gasteiger partial charge < -0.3 is 14.7 Å². The van der Waals surface area contributed by atoms with Crippen LogP contribution in [-0.4, -0.2) is 19.3 Å². The van der Waals surface area contributed by atoms with E-state index in [0.29, 0.717) is 17.8 Å². The Hall–Kier alpha value is -2.07. The lowest BCUT2D eigenvalue weighted by atomic mass is 10.1. The van der Waals surface area contributed by atoms with Crippen LogP contribution in [0.4, 0.5) is 10.1 Å². The van der Waals surface area contributed by atoms with Crippen molar-refractivity contribution in [3.63, 3.8) is 0 Å². The molecule has 112 valence electrons. The molecule has 0 saturated heterocycles. The highest BCUT2D eigenvalue weighted by Crippen LogP contribution is 2.30. The normalized spacial score (nSPS) is 12.0. The molecular weight excluding hydrogens is 269 g/mol. The fraction of sp³-hybridized carbons (Fsp3) is 0.294. The molecule has 0 spiro atoms. The van der Waals surface area contributed by atoms with E-state index in [1.165, 1.54) is 6.07 Å². The number of hydrogen-bond donors (Lipinski definition) is 1. The Morgan fingerprint density at radius 3 is 2.57 bits per heavy atom. The van der Waals surface area contributed by atoms with Crippen molar-refractivity contribution < 1.29 is 14.2 Å². The highest BCUT2D eigenvalue weighted by Gasteiger charge is 2.17. The van der Waals surface area contributed by atoms with Crippen LogP contribution in [0.5, 0.6) is 5.75 Å². The van der Waals surface area contributed by atoms with Gasteiger partial charge in [-0.05, 0) is 25.1 Å². The molecule has 0 amide bonds. The van der Waals surface area contributed by atoms with E-state index in [0.717, 1.165) is 11.3 Å². The molecule has 0 aliphatic carbocycles. The predicted molar refractivity (Wildman–Crippen MR) is 82.1 cm³/mol. The van der Waals surface area contributed by atoms with Crippen molar-refractivity contribution in [2.45, 2.75) is 19.6 Å². The summed E-state index contributed by atoms with van der Waals surface area (Å²) in [4.78, 5) is 1.91. The summed E-state index contributed by atoms with van der Waals surface area (Å²) in [6, 6.07) is 12.5. The zero-order valence-electron chi connectivity index (χ0n) is 12.5. The predicted octanol–water partition coefficient (Wildman–Crippen LogP) is 3.52. The Bertz CT molecular complexity index is 613. The topological polar surface area (TPSA) is 32.7 Å². The minimum atomic E-state index is -0.860. The summed E-state index contributed by atoms with van der Waals surface area (Å²) in [6.45, 7) is 2.13. The first-order chi connectivity index (χ1) is 10.0. The largest absolute Gasteiger partial charge is 0.496 e. The van der Waals surface area contributed by atoms with Gasteiger partial charge in [0, 0.05) is 30.4 Å². The van der Waals surface area contributed by atoms with Crippen molar-refractivity contribution in [2.75, 3.05) is 19.1 Å². The number of aliphatic hydroxyl groups is 1. The third-order valence-corrected chi connectivity index (χ3v) is 3.46. The number of rotatable bonds is 5. The lowest BCUT2D eigenvalue weighted by Gasteiger charge is -2.24. The minimum absolute atomic E-state index is 0.315. The van der Waals surface area contributed by atoms with Gasteiger partial charge in [0.15, 0.2) is 0 Å². The molecule has 0 bridgehead atoms. The lowest BCUT2D eigenvalue weighted by molar-refractivity contribution is 0.194. The first-order valence-corrected chi connectivity index (χ1v) is 6.84. The number of halogens is 1. The van der Waals surface area contributed by atoms with E-state index in [1.54, 1.807) is 26.2 Å². The molecule has 0 aromatic heterocycles. The molecule has 2 aromatic carbocycles. The van der Waals surface area contributed by atoms with Crippen molar-refractivity contribution in [2.24, 2.45) is 0 Å². The summed E-state index contributed by atoms with van der Waals surface area (Å²) in [7, 11) is 3.50. The summed E-state index contributed by atoms with van der Waals surface area (Å²) in [6.07, 6.45) is -0.860. The summed E-state index contributed by atoms with van der Waals surface area (Å²) < 4.78 is 19.3. The van der Waals surface area contributed by atoms with Crippen LogP contribution < -0.4 is 9.64 Å². The van der Waals surface area contributed by atoms with E-state index in [2.05, 4.69) is 0 Å². The Balaban J connectivity index is 2.33. The second-order valence-corrected chi connectivity index (χ2v) is 5.02. The van der Waals surface area contributed by atoms with Crippen molar-refractivity contribution >= 4 is 5.69 Å². The number of nitrogens with zero attached hydrogens (tertiary/aromatic N) is 1. The minimum Gasteiger partial charge on any atom is -0.496 e. The number of hydrogen-bond acceptors (Lipinski definition) is 3. The third-order valence-electron chi connectivity index (χ3n) is 3.46. The van der Waals surface area contributed by atoms with Gasteiger partial charge in [0.25, 0.3) is 0 Å². The standard InChI is InChI=1S/C17H20FNO2/c1-12(20)17-14(18)8-6-9-15(17)19(2)11-13-7-4-5-10-16(13)21-3/h4-10,12,20H,11H2,1-3H3/t12-/m1/s1. The molecule has 21 heavy (non-hydrogen) atoms. The lowest BCUT2D eigenvalue weighted by Crippen LogP contribution is -2.19. The van der Waals surface area contributed by atoms with E-state index in [-0.39, 0.29) is 0 Å². The number of methoxy groups -OCH3 is 1. The number of anilines is 1. The molecule has 0 fully saturated rings. The molecule has 2 rings (SSSR count). The molecule has 0 aliphatic heterocycles. The molecule has 3 nitrogen and oxygen atoms in total. The highest BCUT2D eigenvalue weighted by atomic mass is 19.1. The average Bonchev–Trinajstić information content (AvgIpc) is 2.47.